The molecule has 2 aromatic carbocycles. The van der Waals surface area contributed by atoms with Gasteiger partial charge in [0.1, 0.15) is 16.6 Å². The highest BCUT2D eigenvalue weighted by atomic mass is 19.1. The molecular formula is C27H29F2N5O2. The molecule has 2 aliphatic rings. The number of likely N-dealkylation sites (tertiary alicyclic amines) is 1. The van der Waals surface area contributed by atoms with E-state index in [0.29, 0.717) is 45.9 Å². The highest BCUT2D eigenvalue weighted by Crippen LogP contribution is 2.51. The van der Waals surface area contributed by atoms with Gasteiger partial charge in [-0.3, -0.25) is 9.36 Å². The Balaban J connectivity index is 1.29. The van der Waals surface area contributed by atoms with Crippen molar-refractivity contribution in [1.82, 2.24) is 24.5 Å². The van der Waals surface area contributed by atoms with Gasteiger partial charge in [0.05, 0.1) is 6.04 Å². The van der Waals surface area contributed by atoms with Crippen LogP contribution < -0.4 is 0 Å². The molecule has 9 heteroatoms. The van der Waals surface area contributed by atoms with Crippen molar-refractivity contribution in [3.8, 4) is 11.1 Å². The zero-order chi connectivity index (χ0) is 25.4. The first-order valence-electron chi connectivity index (χ1n) is 12.3. The highest BCUT2D eigenvalue weighted by Gasteiger charge is 2.54. The predicted octanol–water partition coefficient (Wildman–Crippen LogP) is 5.97. The van der Waals surface area contributed by atoms with Gasteiger partial charge in [0.2, 0.25) is 0 Å². The average molecular weight is 494 g/mol. The molecule has 188 valence electrons. The number of ether oxygens (including phenoxy) is 1. The van der Waals surface area contributed by atoms with Gasteiger partial charge in [0.15, 0.2) is 11.6 Å². The Morgan fingerprint density at radius 3 is 2.22 bits per heavy atom. The summed E-state index contributed by atoms with van der Waals surface area (Å²) in [5.41, 5.74) is 1.02. The fourth-order valence-electron chi connectivity index (χ4n) is 5.46. The molecule has 1 aliphatic carbocycles. The molecular weight excluding hydrogens is 464 g/mol. The monoisotopic (exact) mass is 493 g/mol. The van der Waals surface area contributed by atoms with Crippen LogP contribution >= 0.6 is 0 Å². The van der Waals surface area contributed by atoms with Crippen LogP contribution in [0.2, 0.25) is 0 Å². The van der Waals surface area contributed by atoms with E-state index in [1.165, 1.54) is 12.1 Å². The number of amides is 1. The first-order chi connectivity index (χ1) is 17.0. The number of piperidine rings is 1. The van der Waals surface area contributed by atoms with E-state index in [1.807, 2.05) is 48.7 Å². The summed E-state index contributed by atoms with van der Waals surface area (Å²) in [5.74, 6) is -0.883. The number of aromatic nitrogens is 4. The van der Waals surface area contributed by atoms with Crippen LogP contribution in [0.4, 0.5) is 13.6 Å². The lowest BCUT2D eigenvalue weighted by Gasteiger charge is -2.40. The largest absolute Gasteiger partial charge is 0.444 e. The van der Waals surface area contributed by atoms with Gasteiger partial charge in [-0.05, 0) is 81.8 Å². The molecule has 2 aromatic heterocycles. The maximum Gasteiger partial charge on any atom is 0.410 e. The van der Waals surface area contributed by atoms with Gasteiger partial charge in [0, 0.05) is 42.3 Å². The minimum Gasteiger partial charge on any atom is -0.444 e. The maximum atomic E-state index is 15.2. The number of carbonyl (C=O) groups excluding carboxylic acids is 1. The third kappa shape index (κ3) is 3.90. The fourth-order valence-corrected chi connectivity index (χ4v) is 5.46. The number of nitrogens with zero attached hydrogens (tertiary/aromatic N) is 5. The number of rotatable bonds is 2. The molecule has 1 saturated carbocycles. The third-order valence-corrected chi connectivity index (χ3v) is 7.28. The highest BCUT2D eigenvalue weighted by molar-refractivity contribution is 5.89. The minimum atomic E-state index is -0.538. The van der Waals surface area contributed by atoms with Crippen LogP contribution in [0.1, 0.15) is 52.5 Å². The van der Waals surface area contributed by atoms with Crippen molar-refractivity contribution in [3.05, 3.63) is 48.3 Å². The lowest BCUT2D eigenvalue weighted by atomic mass is 9.95. The summed E-state index contributed by atoms with van der Waals surface area (Å²) >= 11 is 0. The summed E-state index contributed by atoms with van der Waals surface area (Å²) < 4.78 is 38.8. The Hall–Kier alpha value is -3.49. The summed E-state index contributed by atoms with van der Waals surface area (Å²) in [4.78, 5) is 14.7. The number of carbonyl (C=O) groups is 1. The van der Waals surface area contributed by atoms with Crippen LogP contribution in [-0.4, -0.2) is 48.2 Å². The topological polar surface area (TPSA) is 65.2 Å². The number of hydrogen-bond acceptors (Lipinski definition) is 4. The van der Waals surface area contributed by atoms with Gasteiger partial charge in [0.25, 0.3) is 0 Å². The van der Waals surface area contributed by atoms with Crippen LogP contribution in [-0.2, 0) is 11.8 Å². The zero-order valence-corrected chi connectivity index (χ0v) is 20.9. The number of halogens is 2. The maximum absolute atomic E-state index is 15.2. The van der Waals surface area contributed by atoms with Crippen LogP contribution in [0.15, 0.2) is 36.7 Å². The molecule has 1 aliphatic heterocycles. The summed E-state index contributed by atoms with van der Waals surface area (Å²) in [5, 5.41) is 10.1. The second-order valence-corrected chi connectivity index (χ2v) is 11.2. The summed E-state index contributed by atoms with van der Waals surface area (Å²) in [6, 6.07) is 6.53. The van der Waals surface area contributed by atoms with Crippen molar-refractivity contribution in [2.24, 2.45) is 7.05 Å². The number of benzene rings is 2. The molecule has 0 N–H and O–H groups in total. The Morgan fingerprint density at radius 2 is 1.61 bits per heavy atom. The number of aryl methyl sites for hydroxylation is 1. The van der Waals surface area contributed by atoms with Crippen molar-refractivity contribution in [3.63, 3.8) is 0 Å². The predicted molar refractivity (Wildman–Crippen MR) is 133 cm³/mol. The molecule has 36 heavy (non-hydrogen) atoms. The van der Waals surface area contributed by atoms with Crippen molar-refractivity contribution in [2.45, 2.75) is 63.6 Å². The molecule has 3 heterocycles. The summed E-state index contributed by atoms with van der Waals surface area (Å²) in [6.07, 6.45) is 6.69. The Morgan fingerprint density at radius 1 is 1.00 bits per heavy atom. The Bertz CT molecular complexity index is 1510. The van der Waals surface area contributed by atoms with Gasteiger partial charge < -0.3 is 9.64 Å². The lowest BCUT2D eigenvalue weighted by molar-refractivity contribution is 0.0000130. The molecule has 1 saturated heterocycles. The van der Waals surface area contributed by atoms with Crippen molar-refractivity contribution in [2.75, 3.05) is 6.54 Å². The van der Waals surface area contributed by atoms with Gasteiger partial charge >= 0.3 is 6.09 Å². The molecule has 4 aromatic rings. The second kappa shape index (κ2) is 7.75. The molecule has 1 spiro atoms. The molecule has 1 amide bonds. The van der Waals surface area contributed by atoms with E-state index in [4.69, 9.17) is 4.74 Å². The smallest absolute Gasteiger partial charge is 0.410 e. The fraction of sp³-hybridized carbons (Fsp3) is 0.444. The van der Waals surface area contributed by atoms with E-state index >= 15 is 4.39 Å². The molecule has 2 fully saturated rings. The Kier molecular flexibility index (Phi) is 4.94. The SMILES string of the molecule is Cn1cc2cc(-c3cc(F)c4nn(C5CCN(C(=O)OC(C)(C)C)C6(CC6)C5)cc4c3)cc(F)c2n1. The minimum absolute atomic E-state index is 0.0608. The lowest BCUT2D eigenvalue weighted by Crippen LogP contribution is -2.50. The Labute approximate surface area is 207 Å². The molecule has 1 unspecified atom stereocenters. The van der Waals surface area contributed by atoms with E-state index in [0.717, 1.165) is 19.3 Å². The van der Waals surface area contributed by atoms with E-state index in [1.54, 1.807) is 17.9 Å². The van der Waals surface area contributed by atoms with E-state index in [-0.39, 0.29) is 17.7 Å². The second-order valence-electron chi connectivity index (χ2n) is 11.2. The average Bonchev–Trinajstić information content (AvgIpc) is 3.23. The number of fused-ring (bicyclic) bond motifs is 2. The van der Waals surface area contributed by atoms with Crippen molar-refractivity contribution < 1.29 is 18.3 Å². The first-order valence-corrected chi connectivity index (χ1v) is 12.3. The summed E-state index contributed by atoms with van der Waals surface area (Å²) in [6.45, 7) is 6.20. The van der Waals surface area contributed by atoms with Crippen LogP contribution in [0, 0.1) is 11.6 Å². The number of hydrogen-bond donors (Lipinski definition) is 0. The normalized spacial score (nSPS) is 19.4. The van der Waals surface area contributed by atoms with Crippen molar-refractivity contribution in [1.29, 1.82) is 0 Å². The van der Waals surface area contributed by atoms with E-state index in [9.17, 15) is 9.18 Å². The van der Waals surface area contributed by atoms with Crippen LogP contribution in [0.5, 0.6) is 0 Å². The zero-order valence-electron chi connectivity index (χ0n) is 20.9. The van der Waals surface area contributed by atoms with Gasteiger partial charge in [-0.1, -0.05) is 0 Å². The third-order valence-electron chi connectivity index (χ3n) is 7.28. The van der Waals surface area contributed by atoms with Gasteiger partial charge in [-0.25, -0.2) is 13.6 Å². The molecule has 0 radical (unpaired) electrons. The van der Waals surface area contributed by atoms with Gasteiger partial charge in [-0.15, -0.1) is 0 Å². The van der Waals surface area contributed by atoms with Crippen LogP contribution in [0.25, 0.3) is 32.9 Å². The quantitative estimate of drug-likeness (QED) is 0.345. The summed E-state index contributed by atoms with van der Waals surface area (Å²) in [7, 11) is 1.74. The van der Waals surface area contributed by atoms with E-state index in [2.05, 4.69) is 10.2 Å². The van der Waals surface area contributed by atoms with Gasteiger partial charge in [-0.2, -0.15) is 10.2 Å². The van der Waals surface area contributed by atoms with Crippen LogP contribution in [0.3, 0.4) is 0 Å². The first kappa shape index (κ1) is 22.9. The van der Waals surface area contributed by atoms with Crippen molar-refractivity contribution >= 4 is 27.9 Å². The molecule has 0 bridgehead atoms. The van der Waals surface area contributed by atoms with E-state index < -0.39 is 17.2 Å². The molecule has 1 atom stereocenters. The molecule has 7 nitrogen and oxygen atoms in total. The standard InChI is InChI=1S/C27H29F2N5O2/c1-26(2,3)36-25(35)33-8-5-20(13-27(33)6-7-27)34-15-19-10-17(12-22(29)24(19)31-34)16-9-18-14-32(4)30-23(18)21(28)11-16/h9-12,14-15,20H,5-8,13H2,1-4H3. The molecule has 6 rings (SSSR count).